The summed E-state index contributed by atoms with van der Waals surface area (Å²) in [4.78, 5) is 22.4. The molecule has 1 rings (SSSR count). The zero-order valence-corrected chi connectivity index (χ0v) is 11.7. The van der Waals surface area contributed by atoms with Crippen molar-refractivity contribution in [1.29, 1.82) is 0 Å². The zero-order chi connectivity index (χ0) is 14.7. The van der Waals surface area contributed by atoms with Gasteiger partial charge in [0, 0.05) is 13.3 Å². The first-order valence-corrected chi connectivity index (χ1v) is 6.14. The average Bonchev–Trinajstić information content (AvgIpc) is 2.38. The first kappa shape index (κ1) is 17.1. The molecule has 5 heteroatoms. The van der Waals surface area contributed by atoms with E-state index in [-0.39, 0.29) is 5.91 Å². The molecule has 1 atom stereocenters. The van der Waals surface area contributed by atoms with Gasteiger partial charge in [-0.15, -0.1) is 0 Å². The van der Waals surface area contributed by atoms with Gasteiger partial charge in [0.25, 0.3) is 0 Å². The fourth-order valence-electron chi connectivity index (χ4n) is 1.43. The van der Waals surface area contributed by atoms with Gasteiger partial charge in [-0.2, -0.15) is 0 Å². The van der Waals surface area contributed by atoms with Crippen LogP contribution >= 0.6 is 0 Å². The van der Waals surface area contributed by atoms with Crippen LogP contribution in [0.2, 0.25) is 0 Å². The number of carbonyl (C=O) groups is 2. The Bertz CT molecular complexity index is 380. The van der Waals surface area contributed by atoms with Gasteiger partial charge >= 0.3 is 5.97 Å². The lowest BCUT2D eigenvalue weighted by Crippen LogP contribution is -2.41. The van der Waals surface area contributed by atoms with Crippen molar-refractivity contribution in [2.24, 2.45) is 5.73 Å². The van der Waals surface area contributed by atoms with Gasteiger partial charge in [0.1, 0.15) is 6.04 Å². The van der Waals surface area contributed by atoms with Gasteiger partial charge in [-0.3, -0.25) is 4.79 Å². The van der Waals surface area contributed by atoms with Gasteiger partial charge < -0.3 is 15.8 Å². The van der Waals surface area contributed by atoms with Crippen molar-refractivity contribution in [2.45, 2.75) is 26.3 Å². The van der Waals surface area contributed by atoms with Gasteiger partial charge in [0.15, 0.2) is 0 Å². The van der Waals surface area contributed by atoms with E-state index in [0.29, 0.717) is 6.42 Å². The fourth-order valence-corrected chi connectivity index (χ4v) is 1.43. The van der Waals surface area contributed by atoms with Crippen molar-refractivity contribution < 1.29 is 14.3 Å². The summed E-state index contributed by atoms with van der Waals surface area (Å²) in [6.45, 7) is 4.03. The van der Waals surface area contributed by atoms with Crippen molar-refractivity contribution in [3.05, 3.63) is 35.9 Å². The SMILES string of the molecule is CCN.COC(=O)C(Cc1ccccc1)NC(C)=O. The van der Waals surface area contributed by atoms with Crippen LogP contribution in [0.15, 0.2) is 30.3 Å². The molecule has 1 aromatic carbocycles. The molecule has 0 aliphatic rings. The van der Waals surface area contributed by atoms with Crippen molar-refractivity contribution in [1.82, 2.24) is 5.32 Å². The van der Waals surface area contributed by atoms with Crippen LogP contribution in [0.25, 0.3) is 0 Å². The third-order valence-corrected chi connectivity index (χ3v) is 2.15. The largest absolute Gasteiger partial charge is 0.467 e. The van der Waals surface area contributed by atoms with E-state index in [1.54, 1.807) is 0 Å². The summed E-state index contributed by atoms with van der Waals surface area (Å²) in [5.74, 6) is -0.676. The van der Waals surface area contributed by atoms with Crippen LogP contribution in [0.3, 0.4) is 0 Å². The molecule has 0 saturated heterocycles. The second-order valence-electron chi connectivity index (χ2n) is 3.87. The van der Waals surface area contributed by atoms with E-state index >= 15 is 0 Å². The molecule has 0 heterocycles. The summed E-state index contributed by atoms with van der Waals surface area (Å²) in [5.41, 5.74) is 5.83. The molecule has 19 heavy (non-hydrogen) atoms. The topological polar surface area (TPSA) is 81.4 Å². The minimum atomic E-state index is -0.620. The number of nitrogens with two attached hydrogens (primary N) is 1. The Kier molecular flexibility index (Phi) is 9.08. The number of hydrogen-bond donors (Lipinski definition) is 2. The molecule has 0 aliphatic carbocycles. The lowest BCUT2D eigenvalue weighted by atomic mass is 10.1. The number of rotatable bonds is 4. The summed E-state index contributed by atoms with van der Waals surface area (Å²) in [7, 11) is 1.31. The molecule has 1 aromatic rings. The molecule has 0 aliphatic heterocycles. The van der Waals surface area contributed by atoms with Gasteiger partial charge in [-0.05, 0) is 12.1 Å². The predicted octanol–water partition coefficient (Wildman–Crippen LogP) is 0.872. The highest BCUT2D eigenvalue weighted by molar-refractivity contribution is 5.83. The van der Waals surface area contributed by atoms with E-state index in [0.717, 1.165) is 12.1 Å². The monoisotopic (exact) mass is 266 g/mol. The molecule has 3 N–H and O–H groups in total. The van der Waals surface area contributed by atoms with E-state index < -0.39 is 12.0 Å². The number of nitrogens with one attached hydrogen (secondary N) is 1. The highest BCUT2D eigenvalue weighted by Gasteiger charge is 2.20. The molecular weight excluding hydrogens is 244 g/mol. The highest BCUT2D eigenvalue weighted by Crippen LogP contribution is 2.04. The normalized spacial score (nSPS) is 10.7. The number of methoxy groups -OCH3 is 1. The Balaban J connectivity index is 0.000000982. The van der Waals surface area contributed by atoms with Crippen molar-refractivity contribution in [2.75, 3.05) is 13.7 Å². The lowest BCUT2D eigenvalue weighted by Gasteiger charge is -2.15. The van der Waals surface area contributed by atoms with E-state index in [4.69, 9.17) is 5.73 Å². The number of amides is 1. The summed E-state index contributed by atoms with van der Waals surface area (Å²) in [6, 6.07) is 8.85. The predicted molar refractivity (Wildman–Crippen MR) is 74.5 cm³/mol. The molecule has 106 valence electrons. The fraction of sp³-hybridized carbons (Fsp3) is 0.429. The highest BCUT2D eigenvalue weighted by atomic mass is 16.5. The minimum Gasteiger partial charge on any atom is -0.467 e. The number of carbonyl (C=O) groups excluding carboxylic acids is 2. The maximum atomic E-state index is 11.4. The molecule has 0 bridgehead atoms. The van der Waals surface area contributed by atoms with Crippen molar-refractivity contribution in [3.8, 4) is 0 Å². The van der Waals surface area contributed by atoms with E-state index in [2.05, 4.69) is 10.1 Å². The molecule has 0 radical (unpaired) electrons. The molecule has 0 fully saturated rings. The second kappa shape index (κ2) is 10.1. The Hall–Kier alpha value is -1.88. The van der Waals surface area contributed by atoms with Gasteiger partial charge in [-0.25, -0.2) is 4.79 Å². The number of hydrogen-bond acceptors (Lipinski definition) is 4. The van der Waals surface area contributed by atoms with Crippen LogP contribution in [0.4, 0.5) is 0 Å². The number of ether oxygens (including phenoxy) is 1. The van der Waals surface area contributed by atoms with Gasteiger partial charge in [0.05, 0.1) is 7.11 Å². The Morgan fingerprint density at radius 3 is 2.26 bits per heavy atom. The zero-order valence-electron chi connectivity index (χ0n) is 11.7. The van der Waals surface area contributed by atoms with Gasteiger partial charge in [0.2, 0.25) is 5.91 Å². The van der Waals surface area contributed by atoms with Crippen molar-refractivity contribution >= 4 is 11.9 Å². The summed E-state index contributed by atoms with van der Waals surface area (Å²) in [5, 5.41) is 2.57. The maximum absolute atomic E-state index is 11.4. The van der Waals surface area contributed by atoms with Crippen LogP contribution in [0.5, 0.6) is 0 Å². The third kappa shape index (κ3) is 7.94. The van der Waals surface area contributed by atoms with E-state index in [1.165, 1.54) is 14.0 Å². The first-order valence-electron chi connectivity index (χ1n) is 6.14. The molecular formula is C14H22N2O3. The van der Waals surface area contributed by atoms with Crippen molar-refractivity contribution in [3.63, 3.8) is 0 Å². The van der Waals surface area contributed by atoms with Crippen LogP contribution < -0.4 is 11.1 Å². The standard InChI is InChI=1S/C12H15NO3.C2H7N/c1-9(14)13-11(12(15)16-2)8-10-6-4-3-5-7-10;1-2-3/h3-7,11H,8H2,1-2H3,(H,13,14);2-3H2,1H3. The minimum absolute atomic E-state index is 0.244. The Morgan fingerprint density at radius 1 is 1.32 bits per heavy atom. The maximum Gasteiger partial charge on any atom is 0.328 e. The third-order valence-electron chi connectivity index (χ3n) is 2.15. The van der Waals surface area contributed by atoms with Crippen LogP contribution in [0.1, 0.15) is 19.4 Å². The summed E-state index contributed by atoms with van der Waals surface area (Å²) < 4.78 is 4.63. The van der Waals surface area contributed by atoms with E-state index in [1.807, 2.05) is 37.3 Å². The summed E-state index contributed by atoms with van der Waals surface area (Å²) in [6.07, 6.45) is 0.438. The van der Waals surface area contributed by atoms with Crippen LogP contribution in [-0.2, 0) is 20.7 Å². The van der Waals surface area contributed by atoms with E-state index in [9.17, 15) is 9.59 Å². The molecule has 5 nitrogen and oxygen atoms in total. The molecule has 1 amide bonds. The number of esters is 1. The Morgan fingerprint density at radius 2 is 1.84 bits per heavy atom. The lowest BCUT2D eigenvalue weighted by molar-refractivity contribution is -0.144. The Labute approximate surface area is 114 Å². The smallest absolute Gasteiger partial charge is 0.328 e. The number of benzene rings is 1. The molecule has 0 aromatic heterocycles. The van der Waals surface area contributed by atoms with Crippen LogP contribution in [-0.4, -0.2) is 31.6 Å². The van der Waals surface area contributed by atoms with Gasteiger partial charge in [-0.1, -0.05) is 37.3 Å². The molecule has 1 unspecified atom stereocenters. The quantitative estimate of drug-likeness (QED) is 0.792. The first-order chi connectivity index (χ1) is 9.04. The molecule has 0 spiro atoms. The molecule has 0 saturated carbocycles. The summed E-state index contributed by atoms with van der Waals surface area (Å²) >= 11 is 0. The second-order valence-corrected chi connectivity index (χ2v) is 3.87. The average molecular weight is 266 g/mol. The van der Waals surface area contributed by atoms with Crippen LogP contribution in [0, 0.1) is 0 Å².